The molecule has 0 bridgehead atoms. The minimum atomic E-state index is -0.471. The van der Waals surface area contributed by atoms with Crippen LogP contribution in [0.2, 0.25) is 0 Å². The zero-order chi connectivity index (χ0) is 19.9. The summed E-state index contributed by atoms with van der Waals surface area (Å²) in [6, 6.07) is 4.83. The van der Waals surface area contributed by atoms with Gasteiger partial charge in [0.15, 0.2) is 6.61 Å². The molecule has 2 aromatic rings. The molecule has 1 aliphatic heterocycles. The number of anilines is 1. The minimum Gasteiger partial charge on any atom is -0.462 e. The van der Waals surface area contributed by atoms with Crippen LogP contribution in [0.25, 0.3) is 11.1 Å². The van der Waals surface area contributed by atoms with E-state index in [1.54, 1.807) is 31.5 Å². The molecule has 2 heterocycles. The molecule has 1 aliphatic rings. The second-order valence-electron chi connectivity index (χ2n) is 6.13. The molecule has 0 saturated carbocycles. The lowest BCUT2D eigenvalue weighted by atomic mass is 10.1. The number of nitrogens with zero attached hydrogens (tertiary/aromatic N) is 4. The van der Waals surface area contributed by atoms with E-state index in [-0.39, 0.29) is 31.4 Å². The van der Waals surface area contributed by atoms with Crippen molar-refractivity contribution in [3.63, 3.8) is 0 Å². The fraction of sp³-hybridized carbons (Fsp3) is 0.368. The molecule has 1 N–H and O–H groups in total. The fourth-order valence-corrected chi connectivity index (χ4v) is 2.57. The minimum absolute atomic E-state index is 0.172. The molecule has 0 spiro atoms. The van der Waals surface area contributed by atoms with Crippen molar-refractivity contribution in [2.24, 2.45) is 5.16 Å². The van der Waals surface area contributed by atoms with Gasteiger partial charge in [0.05, 0.1) is 25.4 Å². The van der Waals surface area contributed by atoms with Crippen molar-refractivity contribution in [3.8, 4) is 11.1 Å². The number of esters is 1. The van der Waals surface area contributed by atoms with Crippen LogP contribution in [0.3, 0.4) is 0 Å². The lowest BCUT2D eigenvalue weighted by Gasteiger charge is -2.31. The average molecular weight is 388 g/mol. The van der Waals surface area contributed by atoms with E-state index < -0.39 is 5.82 Å². The Labute approximate surface area is 161 Å². The highest BCUT2D eigenvalue weighted by atomic mass is 19.1. The van der Waals surface area contributed by atoms with Gasteiger partial charge in [-0.1, -0.05) is 30.3 Å². The van der Waals surface area contributed by atoms with Crippen LogP contribution in [0.15, 0.2) is 35.7 Å². The number of benzene rings is 1. The van der Waals surface area contributed by atoms with Gasteiger partial charge in [0.1, 0.15) is 12.4 Å². The van der Waals surface area contributed by atoms with E-state index in [0.29, 0.717) is 36.6 Å². The van der Waals surface area contributed by atoms with Gasteiger partial charge in [0, 0.05) is 35.5 Å². The molecule has 0 unspecified atom stereocenters. The first-order valence-corrected chi connectivity index (χ1v) is 8.91. The Morgan fingerprint density at radius 2 is 2.04 bits per heavy atom. The molecule has 0 radical (unpaired) electrons. The van der Waals surface area contributed by atoms with Crippen LogP contribution >= 0.6 is 0 Å². The van der Waals surface area contributed by atoms with Gasteiger partial charge in [-0.25, -0.2) is 14.4 Å². The average Bonchev–Trinajstić information content (AvgIpc) is 2.69. The molecular formula is C19H21FN4O4. The highest BCUT2D eigenvalue weighted by Crippen LogP contribution is 2.25. The molecule has 3 rings (SSSR count). The van der Waals surface area contributed by atoms with E-state index in [4.69, 9.17) is 9.57 Å². The highest BCUT2D eigenvalue weighted by molar-refractivity contribution is 5.98. The number of hydrogen-bond donors (Lipinski definition) is 1. The molecule has 9 heteroatoms. The summed E-state index contributed by atoms with van der Waals surface area (Å²) in [6.07, 6.45) is 3.44. The fourth-order valence-electron chi connectivity index (χ4n) is 2.57. The van der Waals surface area contributed by atoms with Gasteiger partial charge in [-0.2, -0.15) is 0 Å². The maximum absolute atomic E-state index is 14.3. The van der Waals surface area contributed by atoms with E-state index in [1.807, 2.05) is 4.90 Å². The van der Waals surface area contributed by atoms with Crippen LogP contribution in [0.5, 0.6) is 0 Å². The zero-order valence-corrected chi connectivity index (χ0v) is 15.5. The third kappa shape index (κ3) is 4.61. The molecule has 1 aromatic carbocycles. The second kappa shape index (κ2) is 9.23. The van der Waals surface area contributed by atoms with Crippen molar-refractivity contribution in [1.29, 1.82) is 0 Å². The Hall–Kier alpha value is -3.07. The number of carbonyl (C=O) groups is 1. The van der Waals surface area contributed by atoms with Gasteiger partial charge in [0.2, 0.25) is 5.95 Å². The van der Waals surface area contributed by atoms with Gasteiger partial charge >= 0.3 is 5.97 Å². The second-order valence-corrected chi connectivity index (χ2v) is 6.13. The molecule has 28 heavy (non-hydrogen) atoms. The molecule has 8 nitrogen and oxygen atoms in total. The predicted molar refractivity (Wildman–Crippen MR) is 100 cm³/mol. The van der Waals surface area contributed by atoms with Gasteiger partial charge < -0.3 is 19.6 Å². The smallest absolute Gasteiger partial charge is 0.305 e. The number of carbonyl (C=O) groups excluding carboxylic acids is 1. The van der Waals surface area contributed by atoms with Crippen LogP contribution in [0.4, 0.5) is 10.3 Å². The summed E-state index contributed by atoms with van der Waals surface area (Å²) in [5.74, 6) is -0.227. The van der Waals surface area contributed by atoms with E-state index in [1.165, 1.54) is 6.07 Å². The standard InChI is InChI=1S/C19H21FN4O4/c1-2-17(26)27-6-7-28-23-15-10-24(11-15)19-21-8-14(9-22-19)16-5-3-4-13(12-25)18(16)20/h3-5,8-9,25H,2,6-7,10-12H2,1H3. The van der Waals surface area contributed by atoms with Crippen molar-refractivity contribution in [2.45, 2.75) is 20.0 Å². The monoisotopic (exact) mass is 388 g/mol. The lowest BCUT2D eigenvalue weighted by Crippen LogP contribution is -2.48. The summed E-state index contributed by atoms with van der Waals surface area (Å²) in [5, 5.41) is 13.2. The maximum Gasteiger partial charge on any atom is 0.305 e. The van der Waals surface area contributed by atoms with Crippen LogP contribution in [-0.2, 0) is 21.0 Å². The Bertz CT molecular complexity index is 850. The molecular weight excluding hydrogens is 367 g/mol. The largest absolute Gasteiger partial charge is 0.462 e. The molecule has 0 aliphatic carbocycles. The van der Waals surface area contributed by atoms with E-state index in [0.717, 1.165) is 5.71 Å². The van der Waals surface area contributed by atoms with Crippen molar-refractivity contribution < 1.29 is 23.9 Å². The number of aliphatic hydroxyl groups excluding tert-OH is 1. The predicted octanol–water partition coefficient (Wildman–Crippen LogP) is 1.92. The van der Waals surface area contributed by atoms with Crippen molar-refractivity contribution >= 4 is 17.6 Å². The molecule has 0 atom stereocenters. The summed E-state index contributed by atoms with van der Waals surface area (Å²) in [4.78, 5) is 26.5. The van der Waals surface area contributed by atoms with E-state index in [2.05, 4.69) is 15.1 Å². The van der Waals surface area contributed by atoms with Crippen LogP contribution in [0, 0.1) is 5.82 Å². The zero-order valence-electron chi connectivity index (χ0n) is 15.5. The number of ether oxygens (including phenoxy) is 1. The Balaban J connectivity index is 1.51. The summed E-state index contributed by atoms with van der Waals surface area (Å²) in [7, 11) is 0. The van der Waals surface area contributed by atoms with Gasteiger partial charge in [-0.3, -0.25) is 4.79 Å². The summed E-state index contributed by atoms with van der Waals surface area (Å²) in [5.41, 5.74) is 1.95. The van der Waals surface area contributed by atoms with Crippen LogP contribution < -0.4 is 4.90 Å². The molecule has 1 fully saturated rings. The first-order valence-electron chi connectivity index (χ1n) is 8.91. The SMILES string of the molecule is CCC(=O)OCCON=C1CN(c2ncc(-c3cccc(CO)c3F)cn2)C1. The normalized spacial score (nSPS) is 13.1. The van der Waals surface area contributed by atoms with Gasteiger partial charge in [-0.05, 0) is 0 Å². The Morgan fingerprint density at radius 3 is 2.71 bits per heavy atom. The quantitative estimate of drug-likeness (QED) is 0.419. The van der Waals surface area contributed by atoms with Crippen molar-refractivity contribution in [2.75, 3.05) is 31.2 Å². The third-order valence-corrected chi connectivity index (χ3v) is 4.15. The lowest BCUT2D eigenvalue weighted by molar-refractivity contribution is -0.144. The van der Waals surface area contributed by atoms with Crippen LogP contribution in [0.1, 0.15) is 18.9 Å². The molecule has 1 aromatic heterocycles. The van der Waals surface area contributed by atoms with E-state index >= 15 is 0 Å². The summed E-state index contributed by atoms with van der Waals surface area (Å²) < 4.78 is 19.2. The number of oxime groups is 1. The highest BCUT2D eigenvalue weighted by Gasteiger charge is 2.25. The summed E-state index contributed by atoms with van der Waals surface area (Å²) in [6.45, 7) is 2.80. The molecule has 1 saturated heterocycles. The summed E-state index contributed by atoms with van der Waals surface area (Å²) >= 11 is 0. The van der Waals surface area contributed by atoms with Crippen LogP contribution in [-0.4, -0.2) is 53.1 Å². The number of rotatable bonds is 8. The Kier molecular flexibility index (Phi) is 6.49. The van der Waals surface area contributed by atoms with Gasteiger partial charge in [-0.15, -0.1) is 0 Å². The van der Waals surface area contributed by atoms with Gasteiger partial charge in [0.25, 0.3) is 0 Å². The Morgan fingerprint density at radius 1 is 1.29 bits per heavy atom. The maximum atomic E-state index is 14.3. The van der Waals surface area contributed by atoms with Crippen molar-refractivity contribution in [3.05, 3.63) is 42.0 Å². The first-order chi connectivity index (χ1) is 13.6. The topological polar surface area (TPSA) is 97.1 Å². The number of hydrogen-bond acceptors (Lipinski definition) is 8. The van der Waals surface area contributed by atoms with E-state index in [9.17, 15) is 14.3 Å². The first kappa shape index (κ1) is 19.7. The molecule has 148 valence electrons. The van der Waals surface area contributed by atoms with Crippen molar-refractivity contribution in [1.82, 2.24) is 9.97 Å². The number of halogens is 1. The number of aromatic nitrogens is 2. The third-order valence-electron chi connectivity index (χ3n) is 4.15. The number of aliphatic hydroxyl groups is 1. The molecule has 0 amide bonds.